The maximum absolute atomic E-state index is 12.4. The first-order valence-electron chi connectivity index (χ1n) is 8.87. The van der Waals surface area contributed by atoms with Gasteiger partial charge in [0.05, 0.1) is 17.6 Å². The maximum atomic E-state index is 12.4. The van der Waals surface area contributed by atoms with E-state index in [1.54, 1.807) is 36.5 Å². The van der Waals surface area contributed by atoms with Gasteiger partial charge in [-0.05, 0) is 25.1 Å². The lowest BCUT2D eigenvalue weighted by Crippen LogP contribution is -2.40. The molecule has 1 aliphatic heterocycles. The normalized spacial score (nSPS) is 13.3. The molecular weight excluding hydrogens is 362 g/mol. The second-order valence-electron chi connectivity index (χ2n) is 6.49. The molecule has 1 N–H and O–H groups in total. The van der Waals surface area contributed by atoms with Crippen molar-refractivity contribution in [1.29, 1.82) is 0 Å². The quantitative estimate of drug-likeness (QED) is 0.699. The molecule has 0 saturated heterocycles. The fraction of sp³-hybridized carbons (Fsp3) is 0.250. The average Bonchev–Trinajstić information content (AvgIpc) is 3.16. The highest BCUT2D eigenvalue weighted by Crippen LogP contribution is 2.35. The summed E-state index contributed by atoms with van der Waals surface area (Å²) >= 11 is 0. The van der Waals surface area contributed by atoms with Crippen molar-refractivity contribution in [3.8, 4) is 17.2 Å². The van der Waals surface area contributed by atoms with E-state index >= 15 is 0 Å². The van der Waals surface area contributed by atoms with Crippen LogP contribution in [0.4, 0.5) is 0 Å². The molecule has 3 aromatic rings. The van der Waals surface area contributed by atoms with Crippen molar-refractivity contribution in [2.45, 2.75) is 19.5 Å². The van der Waals surface area contributed by atoms with Gasteiger partial charge in [0.1, 0.15) is 18.9 Å². The zero-order valence-corrected chi connectivity index (χ0v) is 15.3. The van der Waals surface area contributed by atoms with Crippen LogP contribution >= 0.6 is 0 Å². The number of hydrogen-bond donors (Lipinski definition) is 1. The molecule has 8 nitrogen and oxygen atoms in total. The standard InChI is InChI=1S/C20H19N3O5/c1-13(11-26-15-6-7-17-18(8-15)28-12-27-17)22-19(24)10-23-20(25)16-5-3-2-4-14(16)9-21-23/h2-9,13H,10-12H2,1H3,(H,22,24). The lowest BCUT2D eigenvalue weighted by atomic mass is 10.2. The summed E-state index contributed by atoms with van der Waals surface area (Å²) in [7, 11) is 0. The number of nitrogens with one attached hydrogen (secondary N) is 1. The highest BCUT2D eigenvalue weighted by atomic mass is 16.7. The number of hydrogen-bond acceptors (Lipinski definition) is 6. The first kappa shape index (κ1) is 17.8. The number of rotatable bonds is 6. The van der Waals surface area contributed by atoms with E-state index in [1.807, 2.05) is 19.1 Å². The maximum Gasteiger partial charge on any atom is 0.275 e. The van der Waals surface area contributed by atoms with E-state index in [1.165, 1.54) is 0 Å². The van der Waals surface area contributed by atoms with Gasteiger partial charge in [0, 0.05) is 11.5 Å². The Kier molecular flexibility index (Phi) is 4.84. The Morgan fingerprint density at radius 1 is 1.25 bits per heavy atom. The van der Waals surface area contributed by atoms with Crippen LogP contribution in [0.25, 0.3) is 10.8 Å². The number of carbonyl (C=O) groups is 1. The SMILES string of the molecule is CC(COc1ccc2c(c1)OCO2)NC(=O)Cn1ncc2ccccc2c1=O. The third kappa shape index (κ3) is 3.75. The topological polar surface area (TPSA) is 91.7 Å². The van der Waals surface area contributed by atoms with E-state index in [2.05, 4.69) is 10.4 Å². The van der Waals surface area contributed by atoms with Gasteiger partial charge in [-0.2, -0.15) is 5.10 Å². The highest BCUT2D eigenvalue weighted by Gasteiger charge is 2.15. The number of carbonyl (C=O) groups excluding carboxylic acids is 1. The fourth-order valence-corrected chi connectivity index (χ4v) is 2.93. The Bertz CT molecular complexity index is 1080. The monoisotopic (exact) mass is 381 g/mol. The number of fused-ring (bicyclic) bond motifs is 2. The molecule has 1 unspecified atom stereocenters. The van der Waals surface area contributed by atoms with Crippen LogP contribution in [0.2, 0.25) is 0 Å². The molecule has 144 valence electrons. The summed E-state index contributed by atoms with van der Waals surface area (Å²) in [6, 6.07) is 12.2. The molecule has 8 heteroatoms. The average molecular weight is 381 g/mol. The summed E-state index contributed by atoms with van der Waals surface area (Å²) < 4.78 is 17.4. The van der Waals surface area contributed by atoms with E-state index in [4.69, 9.17) is 14.2 Å². The molecule has 0 radical (unpaired) electrons. The molecular formula is C20H19N3O5. The number of nitrogens with zero attached hydrogens (tertiary/aromatic N) is 2. The van der Waals surface area contributed by atoms with Crippen molar-refractivity contribution in [2.24, 2.45) is 0 Å². The van der Waals surface area contributed by atoms with Gasteiger partial charge in [-0.1, -0.05) is 18.2 Å². The van der Waals surface area contributed by atoms with E-state index in [0.29, 0.717) is 22.6 Å². The van der Waals surface area contributed by atoms with Crippen molar-refractivity contribution < 1.29 is 19.0 Å². The van der Waals surface area contributed by atoms with Gasteiger partial charge >= 0.3 is 0 Å². The Morgan fingerprint density at radius 3 is 2.96 bits per heavy atom. The molecule has 0 saturated carbocycles. The predicted molar refractivity (Wildman–Crippen MR) is 102 cm³/mol. The van der Waals surface area contributed by atoms with Gasteiger partial charge in [0.25, 0.3) is 5.56 Å². The minimum absolute atomic E-state index is 0.155. The predicted octanol–water partition coefficient (Wildman–Crippen LogP) is 1.71. The summed E-state index contributed by atoms with van der Waals surface area (Å²) in [5.41, 5.74) is -0.294. The van der Waals surface area contributed by atoms with Crippen molar-refractivity contribution in [1.82, 2.24) is 15.1 Å². The molecule has 4 rings (SSSR count). The zero-order valence-electron chi connectivity index (χ0n) is 15.3. The van der Waals surface area contributed by atoms with Crippen LogP contribution in [0, 0.1) is 0 Å². The lowest BCUT2D eigenvalue weighted by Gasteiger charge is -2.15. The van der Waals surface area contributed by atoms with Crippen LogP contribution in [0.1, 0.15) is 6.92 Å². The van der Waals surface area contributed by atoms with Crippen LogP contribution in [-0.2, 0) is 11.3 Å². The third-order valence-electron chi connectivity index (χ3n) is 4.31. The van der Waals surface area contributed by atoms with Crippen LogP contribution in [-0.4, -0.2) is 35.1 Å². The van der Waals surface area contributed by atoms with E-state index in [9.17, 15) is 9.59 Å². The molecule has 0 fully saturated rings. The molecule has 1 aliphatic rings. The van der Waals surface area contributed by atoms with E-state index in [0.717, 1.165) is 10.1 Å². The molecule has 1 amide bonds. The molecule has 0 spiro atoms. The van der Waals surface area contributed by atoms with Crippen molar-refractivity contribution >= 4 is 16.7 Å². The molecule has 28 heavy (non-hydrogen) atoms. The van der Waals surface area contributed by atoms with Gasteiger partial charge in [0.2, 0.25) is 12.7 Å². The summed E-state index contributed by atoms with van der Waals surface area (Å²) in [5, 5.41) is 8.15. The Hall–Kier alpha value is -3.55. The molecule has 1 atom stereocenters. The largest absolute Gasteiger partial charge is 0.491 e. The summed E-state index contributed by atoms with van der Waals surface area (Å²) in [4.78, 5) is 24.7. The molecule has 0 bridgehead atoms. The molecule has 1 aromatic heterocycles. The first-order chi connectivity index (χ1) is 13.6. The van der Waals surface area contributed by atoms with Crippen molar-refractivity contribution in [3.63, 3.8) is 0 Å². The van der Waals surface area contributed by atoms with Gasteiger partial charge in [-0.15, -0.1) is 0 Å². The minimum atomic E-state index is -0.313. The van der Waals surface area contributed by atoms with Crippen LogP contribution in [0.3, 0.4) is 0 Å². The fourth-order valence-electron chi connectivity index (χ4n) is 2.93. The van der Waals surface area contributed by atoms with E-state index < -0.39 is 0 Å². The smallest absolute Gasteiger partial charge is 0.275 e. The number of aromatic nitrogens is 2. The second kappa shape index (κ2) is 7.59. The Morgan fingerprint density at radius 2 is 2.07 bits per heavy atom. The lowest BCUT2D eigenvalue weighted by molar-refractivity contribution is -0.122. The minimum Gasteiger partial charge on any atom is -0.491 e. The van der Waals surface area contributed by atoms with Crippen LogP contribution in [0.5, 0.6) is 17.2 Å². The van der Waals surface area contributed by atoms with E-state index in [-0.39, 0.29) is 37.5 Å². The van der Waals surface area contributed by atoms with Crippen LogP contribution < -0.4 is 25.1 Å². The van der Waals surface area contributed by atoms with Gasteiger partial charge < -0.3 is 19.5 Å². The highest BCUT2D eigenvalue weighted by molar-refractivity contribution is 5.81. The van der Waals surface area contributed by atoms with Crippen LogP contribution in [0.15, 0.2) is 53.5 Å². The van der Waals surface area contributed by atoms with Gasteiger partial charge in [0.15, 0.2) is 11.5 Å². The number of amides is 1. The second-order valence-corrected chi connectivity index (χ2v) is 6.49. The number of ether oxygens (including phenoxy) is 3. The molecule has 0 aliphatic carbocycles. The summed E-state index contributed by atoms with van der Waals surface area (Å²) in [6.07, 6.45) is 1.58. The van der Waals surface area contributed by atoms with Crippen molar-refractivity contribution in [2.75, 3.05) is 13.4 Å². The molecule has 2 aromatic carbocycles. The van der Waals surface area contributed by atoms with Gasteiger partial charge in [-0.3, -0.25) is 9.59 Å². The Balaban J connectivity index is 1.33. The van der Waals surface area contributed by atoms with Gasteiger partial charge in [-0.25, -0.2) is 4.68 Å². The summed E-state index contributed by atoms with van der Waals surface area (Å²) in [5.74, 6) is 1.63. The van der Waals surface area contributed by atoms with Crippen molar-refractivity contribution in [3.05, 3.63) is 59.0 Å². The molecule has 2 heterocycles. The first-order valence-corrected chi connectivity index (χ1v) is 8.87. The number of benzene rings is 2. The zero-order chi connectivity index (χ0) is 19.5. The summed E-state index contributed by atoms with van der Waals surface area (Å²) in [6.45, 7) is 2.14. The Labute approximate surface area is 160 Å². The third-order valence-corrected chi connectivity index (χ3v) is 4.31.